The van der Waals surface area contributed by atoms with Gasteiger partial charge in [-0.3, -0.25) is 4.40 Å². The highest BCUT2D eigenvalue weighted by atomic mass is 16.4. The largest absolute Gasteiger partial charge is 0.411 e. The Hall–Kier alpha value is -2.62. The molecule has 0 unspecified atom stereocenters. The molecule has 0 amide bonds. The first kappa shape index (κ1) is 10.5. The van der Waals surface area contributed by atoms with Gasteiger partial charge in [0.15, 0.2) is 0 Å². The van der Waals surface area contributed by atoms with Crippen LogP contribution in [0.15, 0.2) is 59.9 Å². The number of oxime groups is 1. The van der Waals surface area contributed by atoms with Crippen LogP contribution >= 0.6 is 0 Å². The molecule has 2 heterocycles. The Balaban J connectivity index is 2.32. The van der Waals surface area contributed by atoms with Crippen molar-refractivity contribution in [2.24, 2.45) is 5.16 Å². The molecule has 0 atom stereocenters. The number of rotatable bonds is 2. The summed E-state index contributed by atoms with van der Waals surface area (Å²) in [7, 11) is 0. The van der Waals surface area contributed by atoms with Gasteiger partial charge in [-0.25, -0.2) is 4.98 Å². The van der Waals surface area contributed by atoms with Gasteiger partial charge in [0.1, 0.15) is 5.65 Å². The van der Waals surface area contributed by atoms with Crippen LogP contribution in [0.2, 0.25) is 0 Å². The predicted molar refractivity (Wildman–Crippen MR) is 70.0 cm³/mol. The van der Waals surface area contributed by atoms with E-state index in [4.69, 9.17) is 5.21 Å². The van der Waals surface area contributed by atoms with Crippen LogP contribution in [0.25, 0.3) is 16.9 Å². The van der Waals surface area contributed by atoms with E-state index in [-0.39, 0.29) is 0 Å². The van der Waals surface area contributed by atoms with Gasteiger partial charge in [0.2, 0.25) is 0 Å². The zero-order chi connectivity index (χ0) is 12.4. The number of nitrogens with zero attached hydrogens (tertiary/aromatic N) is 3. The first-order valence-electron chi connectivity index (χ1n) is 5.60. The molecular formula is C14H11N3O. The molecule has 0 aliphatic heterocycles. The normalized spacial score (nSPS) is 11.3. The van der Waals surface area contributed by atoms with E-state index in [1.165, 1.54) is 6.21 Å². The molecular weight excluding hydrogens is 226 g/mol. The van der Waals surface area contributed by atoms with E-state index in [1.54, 1.807) is 0 Å². The summed E-state index contributed by atoms with van der Waals surface area (Å²) in [6, 6.07) is 15.6. The van der Waals surface area contributed by atoms with Crippen LogP contribution in [0.4, 0.5) is 0 Å². The van der Waals surface area contributed by atoms with Gasteiger partial charge in [-0.05, 0) is 12.1 Å². The summed E-state index contributed by atoms with van der Waals surface area (Å²) in [6.45, 7) is 0. The lowest BCUT2D eigenvalue weighted by atomic mass is 10.1. The summed E-state index contributed by atoms with van der Waals surface area (Å²) in [4.78, 5) is 4.56. The standard InChI is InChI=1S/C14H11N3O/c18-15-10-12-14(11-6-2-1-3-7-11)16-13-8-4-5-9-17(12)13/h1-10,18H. The van der Waals surface area contributed by atoms with E-state index in [2.05, 4.69) is 10.1 Å². The molecule has 18 heavy (non-hydrogen) atoms. The summed E-state index contributed by atoms with van der Waals surface area (Å²) in [5.41, 5.74) is 3.39. The van der Waals surface area contributed by atoms with Crippen LogP contribution in [0.5, 0.6) is 0 Å². The molecule has 0 saturated heterocycles. The summed E-state index contributed by atoms with van der Waals surface area (Å²) in [5, 5.41) is 11.9. The number of benzene rings is 1. The Bertz CT molecular complexity index is 701. The van der Waals surface area contributed by atoms with Gasteiger partial charge in [-0.1, -0.05) is 41.6 Å². The van der Waals surface area contributed by atoms with Gasteiger partial charge in [-0.2, -0.15) is 0 Å². The third-order valence-electron chi connectivity index (χ3n) is 2.79. The summed E-state index contributed by atoms with van der Waals surface area (Å²) in [5.74, 6) is 0. The topological polar surface area (TPSA) is 49.9 Å². The molecule has 0 fully saturated rings. The van der Waals surface area contributed by atoms with Crippen LogP contribution < -0.4 is 0 Å². The summed E-state index contributed by atoms with van der Waals surface area (Å²) >= 11 is 0. The molecule has 0 radical (unpaired) electrons. The van der Waals surface area contributed by atoms with Gasteiger partial charge in [-0.15, -0.1) is 0 Å². The van der Waals surface area contributed by atoms with Gasteiger partial charge < -0.3 is 5.21 Å². The Morgan fingerprint density at radius 3 is 2.61 bits per heavy atom. The zero-order valence-electron chi connectivity index (χ0n) is 9.56. The fraction of sp³-hybridized carbons (Fsp3) is 0. The highest BCUT2D eigenvalue weighted by Crippen LogP contribution is 2.22. The minimum atomic E-state index is 0.763. The second kappa shape index (κ2) is 4.33. The maximum Gasteiger partial charge on any atom is 0.137 e. The zero-order valence-corrected chi connectivity index (χ0v) is 9.56. The monoisotopic (exact) mass is 237 g/mol. The number of aromatic nitrogens is 2. The Kier molecular flexibility index (Phi) is 2.53. The molecule has 0 aliphatic carbocycles. The highest BCUT2D eigenvalue weighted by molar-refractivity contribution is 5.88. The number of pyridine rings is 1. The highest BCUT2D eigenvalue weighted by Gasteiger charge is 2.11. The van der Waals surface area contributed by atoms with Gasteiger partial charge in [0.05, 0.1) is 17.6 Å². The molecule has 1 N–H and O–H groups in total. The number of hydrogen-bond acceptors (Lipinski definition) is 3. The molecule has 2 aromatic heterocycles. The molecule has 0 bridgehead atoms. The molecule has 4 nitrogen and oxygen atoms in total. The number of hydrogen-bond donors (Lipinski definition) is 1. The van der Waals surface area contributed by atoms with Crippen molar-refractivity contribution in [3.05, 3.63) is 60.4 Å². The van der Waals surface area contributed by atoms with Gasteiger partial charge >= 0.3 is 0 Å². The fourth-order valence-corrected chi connectivity index (χ4v) is 2.00. The lowest BCUT2D eigenvalue weighted by molar-refractivity contribution is 0.321. The average molecular weight is 237 g/mol. The molecule has 0 saturated carbocycles. The number of imidazole rings is 1. The third-order valence-corrected chi connectivity index (χ3v) is 2.79. The quantitative estimate of drug-likeness (QED) is 0.423. The van der Waals surface area contributed by atoms with Crippen molar-refractivity contribution in [2.45, 2.75) is 0 Å². The fourth-order valence-electron chi connectivity index (χ4n) is 2.00. The Morgan fingerprint density at radius 1 is 1.06 bits per heavy atom. The molecule has 88 valence electrons. The molecule has 0 spiro atoms. The van der Waals surface area contributed by atoms with Gasteiger partial charge in [0.25, 0.3) is 0 Å². The average Bonchev–Trinajstić information content (AvgIpc) is 2.80. The van der Waals surface area contributed by atoms with Crippen molar-refractivity contribution in [2.75, 3.05) is 0 Å². The third kappa shape index (κ3) is 1.64. The predicted octanol–water partition coefficient (Wildman–Crippen LogP) is 2.81. The Labute approximate surface area is 104 Å². The molecule has 0 aliphatic rings. The smallest absolute Gasteiger partial charge is 0.137 e. The van der Waals surface area contributed by atoms with E-state index >= 15 is 0 Å². The van der Waals surface area contributed by atoms with E-state index < -0.39 is 0 Å². The van der Waals surface area contributed by atoms with Crippen LogP contribution in [0.1, 0.15) is 5.69 Å². The van der Waals surface area contributed by atoms with Crippen molar-refractivity contribution in [1.82, 2.24) is 9.38 Å². The second-order valence-electron chi connectivity index (χ2n) is 3.89. The van der Waals surface area contributed by atoms with E-state index in [0.29, 0.717) is 0 Å². The SMILES string of the molecule is ON=Cc1c(-c2ccccc2)nc2ccccn12. The molecule has 4 heteroatoms. The van der Waals surface area contributed by atoms with Crippen molar-refractivity contribution >= 4 is 11.9 Å². The van der Waals surface area contributed by atoms with E-state index in [1.807, 2.05) is 59.1 Å². The van der Waals surface area contributed by atoms with Crippen molar-refractivity contribution < 1.29 is 5.21 Å². The van der Waals surface area contributed by atoms with Crippen molar-refractivity contribution in [3.63, 3.8) is 0 Å². The van der Waals surface area contributed by atoms with Crippen molar-refractivity contribution in [3.8, 4) is 11.3 Å². The van der Waals surface area contributed by atoms with Crippen LogP contribution in [-0.4, -0.2) is 20.8 Å². The lowest BCUT2D eigenvalue weighted by Gasteiger charge is -1.98. The van der Waals surface area contributed by atoms with E-state index in [9.17, 15) is 0 Å². The van der Waals surface area contributed by atoms with Crippen molar-refractivity contribution in [1.29, 1.82) is 0 Å². The maximum absolute atomic E-state index is 8.80. The lowest BCUT2D eigenvalue weighted by Crippen LogP contribution is -1.92. The molecule has 3 aromatic rings. The summed E-state index contributed by atoms with van der Waals surface area (Å²) in [6.07, 6.45) is 3.30. The van der Waals surface area contributed by atoms with Crippen LogP contribution in [-0.2, 0) is 0 Å². The van der Waals surface area contributed by atoms with Gasteiger partial charge in [0, 0.05) is 11.8 Å². The van der Waals surface area contributed by atoms with E-state index in [0.717, 1.165) is 22.6 Å². The first-order valence-corrected chi connectivity index (χ1v) is 5.60. The number of fused-ring (bicyclic) bond motifs is 1. The first-order chi connectivity index (χ1) is 8.90. The molecule has 1 aromatic carbocycles. The summed E-state index contributed by atoms with van der Waals surface area (Å²) < 4.78 is 1.89. The second-order valence-corrected chi connectivity index (χ2v) is 3.89. The van der Waals surface area contributed by atoms with Crippen LogP contribution in [0.3, 0.4) is 0 Å². The minimum Gasteiger partial charge on any atom is -0.411 e. The minimum absolute atomic E-state index is 0.763. The maximum atomic E-state index is 8.80. The van der Waals surface area contributed by atoms with Crippen LogP contribution in [0, 0.1) is 0 Å². The molecule has 3 rings (SSSR count). The Morgan fingerprint density at radius 2 is 1.83 bits per heavy atom.